The number of fused-ring (bicyclic) bond motifs is 3. The summed E-state index contributed by atoms with van der Waals surface area (Å²) in [7, 11) is 1.71. The molecule has 1 aliphatic heterocycles. The molecule has 0 amide bonds. The van der Waals surface area contributed by atoms with Gasteiger partial charge in [-0.1, -0.05) is 13.0 Å². The number of ether oxygens (including phenoxy) is 1. The number of aryl methyl sites for hydroxylation is 2. The molecular weight excluding hydrogens is 298 g/mol. The number of methoxy groups -OCH3 is 1. The Labute approximate surface area is 142 Å². The Hall–Kier alpha value is -2.62. The van der Waals surface area contributed by atoms with Crippen LogP contribution in [0, 0.1) is 6.92 Å². The van der Waals surface area contributed by atoms with E-state index in [1.807, 2.05) is 37.4 Å². The average molecular weight is 319 g/mol. The molecule has 4 rings (SSSR count). The summed E-state index contributed by atoms with van der Waals surface area (Å²) in [6.45, 7) is 4.28. The molecule has 0 N–H and O–H groups in total. The van der Waals surface area contributed by atoms with Gasteiger partial charge < -0.3 is 4.74 Å². The summed E-state index contributed by atoms with van der Waals surface area (Å²) in [5.74, 6) is 2.27. The Morgan fingerprint density at radius 3 is 2.88 bits per heavy atom. The molecule has 0 fully saturated rings. The highest BCUT2D eigenvalue weighted by Gasteiger charge is 2.24. The first-order valence-corrected chi connectivity index (χ1v) is 8.36. The van der Waals surface area contributed by atoms with Crippen LogP contribution in [0.25, 0.3) is 17.2 Å². The molecular formula is C20H21N3O. The first kappa shape index (κ1) is 14.9. The smallest absolute Gasteiger partial charge is 0.163 e. The van der Waals surface area contributed by atoms with E-state index in [1.165, 1.54) is 16.9 Å². The molecule has 0 aliphatic carbocycles. The van der Waals surface area contributed by atoms with Gasteiger partial charge in [-0.2, -0.15) is 0 Å². The molecule has 3 heterocycles. The maximum Gasteiger partial charge on any atom is 0.163 e. The number of hydrogen-bond acceptors (Lipinski definition) is 3. The predicted molar refractivity (Wildman–Crippen MR) is 94.8 cm³/mol. The van der Waals surface area contributed by atoms with E-state index in [0.29, 0.717) is 5.92 Å². The lowest BCUT2D eigenvalue weighted by Gasteiger charge is -2.15. The molecule has 0 saturated carbocycles. The van der Waals surface area contributed by atoms with E-state index in [1.54, 1.807) is 7.11 Å². The van der Waals surface area contributed by atoms with Crippen molar-refractivity contribution in [2.45, 2.75) is 32.6 Å². The molecule has 1 unspecified atom stereocenters. The van der Waals surface area contributed by atoms with Crippen LogP contribution in [-0.2, 0) is 6.42 Å². The van der Waals surface area contributed by atoms with Gasteiger partial charge in [-0.3, -0.25) is 4.57 Å². The van der Waals surface area contributed by atoms with Crippen molar-refractivity contribution < 1.29 is 4.74 Å². The molecule has 1 atom stereocenters. The summed E-state index contributed by atoms with van der Waals surface area (Å²) in [6, 6.07) is 12.4. The standard InChI is InChI=1S/C20H21N3O/c1-13-7-8-15-11-16(24-3)9-10-18(15)23-19(13)12-21-20(23)17-6-4-5-14(2)22-17/h4-6,9-13H,7-8H2,1-3H3. The van der Waals surface area contributed by atoms with Gasteiger partial charge in [0.05, 0.1) is 12.8 Å². The molecule has 122 valence electrons. The Morgan fingerprint density at radius 1 is 1.21 bits per heavy atom. The van der Waals surface area contributed by atoms with Gasteiger partial charge in [0.15, 0.2) is 5.82 Å². The summed E-state index contributed by atoms with van der Waals surface area (Å²) in [5.41, 5.74) is 5.65. The molecule has 3 aromatic rings. The minimum absolute atomic E-state index is 0.453. The van der Waals surface area contributed by atoms with E-state index in [9.17, 15) is 0 Å². The number of rotatable bonds is 2. The van der Waals surface area contributed by atoms with Gasteiger partial charge >= 0.3 is 0 Å². The fraction of sp³-hybridized carbons (Fsp3) is 0.300. The Balaban J connectivity index is 1.96. The van der Waals surface area contributed by atoms with E-state index in [-0.39, 0.29) is 0 Å². The molecule has 0 saturated heterocycles. The highest BCUT2D eigenvalue weighted by Crippen LogP contribution is 2.36. The first-order valence-electron chi connectivity index (χ1n) is 8.36. The number of benzene rings is 1. The molecule has 4 heteroatoms. The first-order chi connectivity index (χ1) is 11.7. The van der Waals surface area contributed by atoms with Crippen molar-refractivity contribution in [1.82, 2.24) is 14.5 Å². The highest BCUT2D eigenvalue weighted by atomic mass is 16.5. The maximum absolute atomic E-state index is 5.41. The summed E-state index contributed by atoms with van der Waals surface area (Å²) >= 11 is 0. The average Bonchev–Trinajstić information content (AvgIpc) is 2.99. The van der Waals surface area contributed by atoms with Gasteiger partial charge in [-0.15, -0.1) is 0 Å². The Bertz CT molecular complexity index is 898. The fourth-order valence-electron chi connectivity index (χ4n) is 3.44. The number of hydrogen-bond donors (Lipinski definition) is 0. The quantitative estimate of drug-likeness (QED) is 0.707. The van der Waals surface area contributed by atoms with Gasteiger partial charge in [-0.05, 0) is 61.6 Å². The van der Waals surface area contributed by atoms with Crippen LogP contribution in [0.4, 0.5) is 0 Å². The third kappa shape index (κ3) is 2.39. The van der Waals surface area contributed by atoms with Gasteiger partial charge in [0.2, 0.25) is 0 Å². The van der Waals surface area contributed by atoms with Crippen LogP contribution in [0.5, 0.6) is 5.75 Å². The molecule has 4 nitrogen and oxygen atoms in total. The zero-order valence-electron chi connectivity index (χ0n) is 14.3. The summed E-state index contributed by atoms with van der Waals surface area (Å²) < 4.78 is 7.68. The molecule has 0 radical (unpaired) electrons. The minimum Gasteiger partial charge on any atom is -0.497 e. The van der Waals surface area contributed by atoms with Crippen LogP contribution < -0.4 is 4.74 Å². The van der Waals surface area contributed by atoms with Crippen LogP contribution >= 0.6 is 0 Å². The second-order valence-electron chi connectivity index (χ2n) is 6.44. The van der Waals surface area contributed by atoms with Gasteiger partial charge in [0, 0.05) is 17.6 Å². The molecule has 0 bridgehead atoms. The third-order valence-corrected chi connectivity index (χ3v) is 4.79. The lowest BCUT2D eigenvalue weighted by Crippen LogP contribution is -2.05. The van der Waals surface area contributed by atoms with Crippen LogP contribution in [0.3, 0.4) is 0 Å². The molecule has 1 aromatic carbocycles. The van der Waals surface area contributed by atoms with E-state index in [0.717, 1.165) is 35.8 Å². The second-order valence-corrected chi connectivity index (χ2v) is 6.44. The van der Waals surface area contributed by atoms with Crippen LogP contribution in [-0.4, -0.2) is 21.6 Å². The fourth-order valence-corrected chi connectivity index (χ4v) is 3.44. The SMILES string of the molecule is COc1ccc2c(c1)CCC(C)c1cnc(-c3cccc(C)n3)n1-2. The van der Waals surface area contributed by atoms with Crippen LogP contribution in [0.1, 0.15) is 36.2 Å². The van der Waals surface area contributed by atoms with Gasteiger partial charge in [0.1, 0.15) is 11.4 Å². The Morgan fingerprint density at radius 2 is 2.08 bits per heavy atom. The molecule has 0 spiro atoms. The number of nitrogens with zero attached hydrogens (tertiary/aromatic N) is 3. The topological polar surface area (TPSA) is 39.9 Å². The second kappa shape index (κ2) is 5.78. The zero-order chi connectivity index (χ0) is 16.7. The van der Waals surface area contributed by atoms with Crippen LogP contribution in [0.2, 0.25) is 0 Å². The van der Waals surface area contributed by atoms with Crippen molar-refractivity contribution in [3.8, 4) is 23.0 Å². The van der Waals surface area contributed by atoms with Crippen molar-refractivity contribution in [2.24, 2.45) is 0 Å². The molecule has 2 aromatic heterocycles. The van der Waals surface area contributed by atoms with Crippen molar-refractivity contribution >= 4 is 0 Å². The number of pyridine rings is 1. The largest absolute Gasteiger partial charge is 0.497 e. The van der Waals surface area contributed by atoms with E-state index < -0.39 is 0 Å². The molecule has 24 heavy (non-hydrogen) atoms. The van der Waals surface area contributed by atoms with E-state index in [4.69, 9.17) is 9.72 Å². The number of aromatic nitrogens is 3. The van der Waals surface area contributed by atoms with Crippen molar-refractivity contribution in [2.75, 3.05) is 7.11 Å². The third-order valence-electron chi connectivity index (χ3n) is 4.79. The van der Waals surface area contributed by atoms with Crippen LogP contribution in [0.15, 0.2) is 42.6 Å². The lowest BCUT2D eigenvalue weighted by atomic mass is 10.0. The van der Waals surface area contributed by atoms with Crippen molar-refractivity contribution in [3.63, 3.8) is 0 Å². The maximum atomic E-state index is 5.41. The number of imidazole rings is 1. The monoisotopic (exact) mass is 319 g/mol. The minimum atomic E-state index is 0.453. The normalized spacial score (nSPS) is 16.2. The van der Waals surface area contributed by atoms with E-state index in [2.05, 4.69) is 28.6 Å². The highest BCUT2D eigenvalue weighted by molar-refractivity contribution is 5.59. The van der Waals surface area contributed by atoms with Crippen molar-refractivity contribution in [3.05, 3.63) is 59.5 Å². The van der Waals surface area contributed by atoms with E-state index >= 15 is 0 Å². The van der Waals surface area contributed by atoms with Gasteiger partial charge in [0.25, 0.3) is 0 Å². The predicted octanol–water partition coefficient (Wildman–Crippen LogP) is 4.30. The molecule has 1 aliphatic rings. The van der Waals surface area contributed by atoms with Crippen molar-refractivity contribution in [1.29, 1.82) is 0 Å². The summed E-state index contributed by atoms with van der Waals surface area (Å²) in [4.78, 5) is 9.39. The lowest BCUT2D eigenvalue weighted by molar-refractivity contribution is 0.414. The summed E-state index contributed by atoms with van der Waals surface area (Å²) in [6.07, 6.45) is 4.14. The summed E-state index contributed by atoms with van der Waals surface area (Å²) in [5, 5.41) is 0. The zero-order valence-corrected chi connectivity index (χ0v) is 14.3. The Kier molecular flexibility index (Phi) is 3.60. The van der Waals surface area contributed by atoms with Gasteiger partial charge in [-0.25, -0.2) is 9.97 Å².